The molecule has 1 fully saturated rings. The minimum Gasteiger partial charge on any atom is -0.493 e. The predicted molar refractivity (Wildman–Crippen MR) is 105 cm³/mol. The van der Waals surface area contributed by atoms with Crippen LogP contribution in [0.2, 0.25) is 0 Å². The summed E-state index contributed by atoms with van der Waals surface area (Å²) in [4.78, 5) is 13.6. The van der Waals surface area contributed by atoms with Gasteiger partial charge in [0.25, 0.3) is 0 Å². The van der Waals surface area contributed by atoms with Crippen LogP contribution in [0.4, 0.5) is 0 Å². The number of aromatic nitrogens is 4. The van der Waals surface area contributed by atoms with Gasteiger partial charge >= 0.3 is 0 Å². The summed E-state index contributed by atoms with van der Waals surface area (Å²) in [6.07, 6.45) is 5.57. The van der Waals surface area contributed by atoms with Crippen LogP contribution in [-0.2, 0) is 6.54 Å². The number of aliphatic hydroxyl groups is 1. The molecule has 7 heteroatoms. The van der Waals surface area contributed by atoms with E-state index in [2.05, 4.69) is 28.8 Å². The van der Waals surface area contributed by atoms with E-state index < -0.39 is 0 Å². The molecule has 2 unspecified atom stereocenters. The molecule has 1 N–H and O–H groups in total. The monoisotopic (exact) mass is 382 g/mol. The van der Waals surface area contributed by atoms with E-state index in [4.69, 9.17) is 9.47 Å². The van der Waals surface area contributed by atoms with Crippen molar-refractivity contribution in [2.45, 2.75) is 57.8 Å². The van der Waals surface area contributed by atoms with Crippen molar-refractivity contribution in [3.8, 4) is 23.0 Å². The summed E-state index contributed by atoms with van der Waals surface area (Å²) < 4.78 is 13.6. The van der Waals surface area contributed by atoms with Gasteiger partial charge in [-0.05, 0) is 30.5 Å². The summed E-state index contributed by atoms with van der Waals surface area (Å²) in [7, 11) is 1.64. The Morgan fingerprint density at radius 1 is 1.21 bits per heavy atom. The first-order valence-electron chi connectivity index (χ1n) is 9.73. The molecule has 0 amide bonds. The number of fused-ring (bicyclic) bond motifs is 1. The number of nitrogens with zero attached hydrogens (tertiary/aromatic N) is 4. The first kappa shape index (κ1) is 18.7. The number of benzene rings is 1. The number of hydrogen-bond donors (Lipinski definition) is 1. The van der Waals surface area contributed by atoms with Crippen LogP contribution in [0.25, 0.3) is 11.5 Å². The SMILES string of the molecule is COc1ccc(Cn2cncc3nc(C(C)C)nc2-3)cc1OC1CCC(O)C1. The third kappa shape index (κ3) is 3.80. The molecule has 1 aliphatic carbocycles. The number of hydrogen-bond acceptors (Lipinski definition) is 6. The molecule has 4 rings (SSSR count). The molecule has 3 aliphatic rings. The van der Waals surface area contributed by atoms with Crippen LogP contribution in [0, 0.1) is 0 Å². The normalized spacial score (nSPS) is 19.5. The first-order valence-corrected chi connectivity index (χ1v) is 9.73. The molecular formula is C21H26N4O3. The summed E-state index contributed by atoms with van der Waals surface area (Å²) >= 11 is 0. The van der Waals surface area contributed by atoms with E-state index in [0.29, 0.717) is 24.5 Å². The minimum atomic E-state index is -0.274. The molecule has 0 aromatic heterocycles. The fourth-order valence-corrected chi connectivity index (χ4v) is 3.59. The summed E-state index contributed by atoms with van der Waals surface area (Å²) in [5.74, 6) is 3.33. The van der Waals surface area contributed by atoms with Gasteiger partial charge in [0.2, 0.25) is 0 Å². The van der Waals surface area contributed by atoms with Gasteiger partial charge in [0, 0.05) is 12.3 Å². The fraction of sp³-hybridized carbons (Fsp3) is 0.476. The van der Waals surface area contributed by atoms with E-state index >= 15 is 0 Å². The Bertz CT molecular complexity index is 924. The molecule has 0 spiro atoms. The van der Waals surface area contributed by atoms with Crippen molar-refractivity contribution >= 4 is 0 Å². The Morgan fingerprint density at radius 2 is 2.07 bits per heavy atom. The second-order valence-corrected chi connectivity index (χ2v) is 7.66. The zero-order valence-corrected chi connectivity index (χ0v) is 16.5. The highest BCUT2D eigenvalue weighted by molar-refractivity contribution is 5.51. The number of aliphatic hydroxyl groups excluding tert-OH is 1. The van der Waals surface area contributed by atoms with Crippen molar-refractivity contribution in [1.29, 1.82) is 0 Å². The maximum Gasteiger partial charge on any atom is 0.163 e. The van der Waals surface area contributed by atoms with Crippen LogP contribution >= 0.6 is 0 Å². The Morgan fingerprint density at radius 3 is 2.79 bits per heavy atom. The number of ether oxygens (including phenoxy) is 2. The highest BCUT2D eigenvalue weighted by Crippen LogP contribution is 2.33. The van der Waals surface area contributed by atoms with Gasteiger partial charge in [-0.25, -0.2) is 15.0 Å². The van der Waals surface area contributed by atoms with E-state index in [0.717, 1.165) is 35.7 Å². The Hall–Kier alpha value is -2.67. The molecule has 1 aromatic rings. The van der Waals surface area contributed by atoms with Crippen LogP contribution in [0.5, 0.6) is 11.5 Å². The lowest BCUT2D eigenvalue weighted by molar-refractivity contribution is 0.147. The zero-order chi connectivity index (χ0) is 19.7. The third-order valence-electron chi connectivity index (χ3n) is 5.11. The van der Waals surface area contributed by atoms with Crippen LogP contribution in [-0.4, -0.2) is 43.9 Å². The van der Waals surface area contributed by atoms with Gasteiger partial charge in [-0.2, -0.15) is 0 Å². The Balaban J connectivity index is 1.60. The summed E-state index contributed by atoms with van der Waals surface area (Å²) in [6.45, 7) is 4.77. The van der Waals surface area contributed by atoms with Crippen molar-refractivity contribution in [2.75, 3.05) is 7.11 Å². The van der Waals surface area contributed by atoms with Gasteiger partial charge in [0.1, 0.15) is 17.6 Å². The average Bonchev–Trinajstić information content (AvgIpc) is 3.29. The number of rotatable bonds is 6. The molecule has 1 saturated carbocycles. The van der Waals surface area contributed by atoms with Crippen molar-refractivity contribution in [1.82, 2.24) is 19.5 Å². The van der Waals surface area contributed by atoms with E-state index in [-0.39, 0.29) is 18.1 Å². The van der Waals surface area contributed by atoms with Crippen molar-refractivity contribution < 1.29 is 14.6 Å². The molecule has 2 heterocycles. The van der Waals surface area contributed by atoms with Gasteiger partial charge < -0.3 is 19.1 Å². The quantitative estimate of drug-likeness (QED) is 0.705. The third-order valence-corrected chi connectivity index (χ3v) is 5.11. The van der Waals surface area contributed by atoms with Crippen LogP contribution < -0.4 is 9.47 Å². The molecular weight excluding hydrogens is 356 g/mol. The summed E-state index contributed by atoms with van der Waals surface area (Å²) in [5.41, 5.74) is 1.86. The van der Waals surface area contributed by atoms with Crippen molar-refractivity contribution in [3.63, 3.8) is 0 Å². The predicted octanol–water partition coefficient (Wildman–Crippen LogP) is 3.25. The number of imidazole rings is 1. The van der Waals surface area contributed by atoms with Crippen LogP contribution in [0.1, 0.15) is 50.4 Å². The van der Waals surface area contributed by atoms with Gasteiger partial charge in [0.15, 0.2) is 17.3 Å². The Kier molecular flexibility index (Phi) is 5.17. The maximum absolute atomic E-state index is 9.76. The van der Waals surface area contributed by atoms with Gasteiger partial charge in [0.05, 0.1) is 32.3 Å². The summed E-state index contributed by atoms with van der Waals surface area (Å²) in [5, 5.41) is 9.76. The van der Waals surface area contributed by atoms with Gasteiger partial charge in [-0.3, -0.25) is 0 Å². The highest BCUT2D eigenvalue weighted by Gasteiger charge is 2.25. The van der Waals surface area contributed by atoms with Gasteiger partial charge in [-0.1, -0.05) is 19.9 Å². The smallest absolute Gasteiger partial charge is 0.163 e. The molecule has 0 bridgehead atoms. The topological polar surface area (TPSA) is 82.3 Å². The van der Waals surface area contributed by atoms with Crippen LogP contribution in [0.15, 0.2) is 30.7 Å². The largest absolute Gasteiger partial charge is 0.493 e. The van der Waals surface area contributed by atoms with Gasteiger partial charge in [-0.15, -0.1) is 0 Å². The average molecular weight is 382 g/mol. The molecule has 1 aromatic carbocycles. The molecule has 0 saturated heterocycles. The fourth-order valence-electron chi connectivity index (χ4n) is 3.59. The lowest BCUT2D eigenvalue weighted by Crippen LogP contribution is -2.14. The highest BCUT2D eigenvalue weighted by atomic mass is 16.5. The van der Waals surface area contributed by atoms with E-state index in [1.807, 2.05) is 22.8 Å². The zero-order valence-electron chi connectivity index (χ0n) is 16.5. The molecule has 7 nitrogen and oxygen atoms in total. The van der Waals surface area contributed by atoms with Crippen molar-refractivity contribution in [3.05, 3.63) is 42.1 Å². The minimum absolute atomic E-state index is 0.0199. The maximum atomic E-state index is 9.76. The number of methoxy groups -OCH3 is 1. The first-order chi connectivity index (χ1) is 13.5. The second kappa shape index (κ2) is 7.75. The standard InChI is InChI=1S/C21H26N4O3/c1-13(2)20-23-17-10-22-12-25(21(17)24-20)11-14-4-7-18(27-3)19(8-14)28-16-6-5-15(26)9-16/h4,7-8,10,12-13,15-16,26H,5-6,9,11H2,1-3H3. The molecule has 2 aliphatic heterocycles. The van der Waals surface area contributed by atoms with E-state index in [1.54, 1.807) is 19.6 Å². The van der Waals surface area contributed by atoms with Crippen LogP contribution in [0.3, 0.4) is 0 Å². The molecule has 2 atom stereocenters. The van der Waals surface area contributed by atoms with E-state index in [1.165, 1.54) is 0 Å². The lowest BCUT2D eigenvalue weighted by Gasteiger charge is -2.17. The van der Waals surface area contributed by atoms with Crippen molar-refractivity contribution in [2.24, 2.45) is 0 Å². The lowest BCUT2D eigenvalue weighted by atomic mass is 10.2. The molecule has 28 heavy (non-hydrogen) atoms. The Labute approximate surface area is 164 Å². The summed E-state index contributed by atoms with van der Waals surface area (Å²) in [6, 6.07) is 5.93. The second-order valence-electron chi connectivity index (χ2n) is 7.66. The molecule has 148 valence electrons. The van der Waals surface area contributed by atoms with E-state index in [9.17, 15) is 5.11 Å². The molecule has 0 radical (unpaired) electrons.